The van der Waals surface area contributed by atoms with Crippen molar-refractivity contribution in [1.29, 1.82) is 0 Å². The molecular formula is C25H38N2O4. The lowest BCUT2D eigenvalue weighted by atomic mass is 9.76. The minimum Gasteiger partial charge on any atom is -0.493 e. The summed E-state index contributed by atoms with van der Waals surface area (Å²) in [6, 6.07) is 7.80. The summed E-state index contributed by atoms with van der Waals surface area (Å²) < 4.78 is 12.5. The lowest BCUT2D eigenvalue weighted by molar-refractivity contribution is 0.288. The highest BCUT2D eigenvalue weighted by atomic mass is 16.5. The number of hydrogen-bond donors (Lipinski definition) is 1. The molecular weight excluding hydrogens is 392 g/mol. The number of H-pyrrole nitrogens is 1. The molecule has 1 N–H and O–H groups in total. The van der Waals surface area contributed by atoms with Crippen molar-refractivity contribution >= 4 is 0 Å². The zero-order valence-electron chi connectivity index (χ0n) is 20.1. The van der Waals surface area contributed by atoms with Crippen LogP contribution in [-0.4, -0.2) is 22.8 Å². The van der Waals surface area contributed by atoms with Crippen molar-refractivity contribution in [1.82, 2.24) is 9.55 Å². The van der Waals surface area contributed by atoms with Gasteiger partial charge in [-0.25, -0.2) is 4.79 Å². The highest BCUT2D eigenvalue weighted by Gasteiger charge is 2.26. The molecule has 0 aliphatic heterocycles. The fourth-order valence-electron chi connectivity index (χ4n) is 3.35. The number of nitrogens with one attached hydrogen (secondary N) is 1. The van der Waals surface area contributed by atoms with E-state index >= 15 is 0 Å². The van der Waals surface area contributed by atoms with Crippen LogP contribution in [0.3, 0.4) is 0 Å². The van der Waals surface area contributed by atoms with Gasteiger partial charge in [-0.1, -0.05) is 53.7 Å². The Morgan fingerprint density at radius 1 is 0.935 bits per heavy atom. The van der Waals surface area contributed by atoms with Crippen LogP contribution in [0, 0.1) is 0 Å². The van der Waals surface area contributed by atoms with Gasteiger partial charge >= 0.3 is 5.69 Å². The van der Waals surface area contributed by atoms with Crippen molar-refractivity contribution in [3.05, 3.63) is 56.2 Å². The Morgan fingerprint density at radius 3 is 2.19 bits per heavy atom. The van der Waals surface area contributed by atoms with Crippen LogP contribution in [-0.2, 0) is 17.4 Å². The molecule has 0 amide bonds. The second-order valence-electron chi connectivity index (χ2n) is 9.25. The van der Waals surface area contributed by atoms with Crippen LogP contribution in [0.25, 0.3) is 0 Å². The molecule has 0 unspecified atom stereocenters. The second-order valence-corrected chi connectivity index (χ2v) is 9.25. The van der Waals surface area contributed by atoms with Gasteiger partial charge in [0.2, 0.25) is 0 Å². The Morgan fingerprint density at radius 2 is 1.61 bits per heavy atom. The van der Waals surface area contributed by atoms with Gasteiger partial charge in [-0.15, -0.1) is 0 Å². The molecule has 0 spiro atoms. The molecule has 2 rings (SSSR count). The summed E-state index contributed by atoms with van der Waals surface area (Å²) in [5.41, 5.74) is 1.77. The monoisotopic (exact) mass is 430 g/mol. The van der Waals surface area contributed by atoms with Crippen LogP contribution in [0.15, 0.2) is 33.9 Å². The Hall–Kier alpha value is -2.50. The third-order valence-electron chi connectivity index (χ3n) is 6.34. The summed E-state index contributed by atoms with van der Waals surface area (Å²) in [6.45, 7) is 16.3. The normalized spacial score (nSPS) is 12.1. The van der Waals surface area contributed by atoms with E-state index in [0.29, 0.717) is 19.6 Å². The summed E-state index contributed by atoms with van der Waals surface area (Å²) in [6.07, 6.45) is 2.60. The number of hydrogen-bond acceptors (Lipinski definition) is 4. The highest BCUT2D eigenvalue weighted by Crippen LogP contribution is 2.38. The van der Waals surface area contributed by atoms with Gasteiger partial charge in [-0.05, 0) is 48.6 Å². The maximum absolute atomic E-state index is 12.2. The first kappa shape index (κ1) is 24.8. The molecule has 0 fully saturated rings. The van der Waals surface area contributed by atoms with E-state index < -0.39 is 5.69 Å². The molecule has 6 nitrogen and oxygen atoms in total. The summed E-state index contributed by atoms with van der Waals surface area (Å²) >= 11 is 0. The third-order valence-corrected chi connectivity index (χ3v) is 6.34. The van der Waals surface area contributed by atoms with Crippen LogP contribution >= 0.6 is 0 Å². The predicted molar refractivity (Wildman–Crippen MR) is 126 cm³/mol. The summed E-state index contributed by atoms with van der Waals surface area (Å²) in [5.74, 6) is 1.07. The molecule has 1 heterocycles. The van der Waals surface area contributed by atoms with Crippen molar-refractivity contribution < 1.29 is 9.47 Å². The molecule has 0 radical (unpaired) electrons. The minimum atomic E-state index is -0.463. The molecule has 2 aromatic rings. The molecule has 0 atom stereocenters. The lowest BCUT2D eigenvalue weighted by Gasteiger charge is -2.30. The number of aromatic nitrogens is 2. The van der Waals surface area contributed by atoms with Gasteiger partial charge in [0.15, 0.2) is 5.88 Å². The molecule has 1 aromatic carbocycles. The topological polar surface area (TPSA) is 73.3 Å². The maximum Gasteiger partial charge on any atom is 0.331 e. The third kappa shape index (κ3) is 6.02. The fraction of sp³-hybridized carbons (Fsp3) is 0.600. The van der Waals surface area contributed by atoms with Gasteiger partial charge < -0.3 is 9.47 Å². The molecule has 0 saturated heterocycles. The largest absolute Gasteiger partial charge is 0.493 e. The van der Waals surface area contributed by atoms with Crippen molar-refractivity contribution in [2.75, 3.05) is 13.2 Å². The van der Waals surface area contributed by atoms with Crippen LogP contribution in [0.2, 0.25) is 0 Å². The van der Waals surface area contributed by atoms with E-state index in [1.165, 1.54) is 21.8 Å². The van der Waals surface area contributed by atoms with Crippen molar-refractivity contribution in [2.24, 2.45) is 0 Å². The van der Waals surface area contributed by atoms with Crippen LogP contribution in [0.4, 0.5) is 0 Å². The minimum absolute atomic E-state index is 0.0155. The predicted octanol–water partition coefficient (Wildman–Crippen LogP) is 4.78. The van der Waals surface area contributed by atoms with E-state index in [4.69, 9.17) is 9.47 Å². The maximum atomic E-state index is 12.2. The number of nitrogens with zero attached hydrogens (tertiary/aromatic N) is 1. The molecule has 172 valence electrons. The Bertz CT molecular complexity index is 954. The van der Waals surface area contributed by atoms with E-state index in [9.17, 15) is 9.59 Å². The van der Waals surface area contributed by atoms with E-state index in [1.54, 1.807) is 6.92 Å². The van der Waals surface area contributed by atoms with Crippen molar-refractivity contribution in [2.45, 2.75) is 85.1 Å². The molecule has 1 aromatic heterocycles. The summed E-state index contributed by atoms with van der Waals surface area (Å²) in [4.78, 5) is 27.0. The number of ether oxygens (including phenoxy) is 2. The quantitative estimate of drug-likeness (QED) is 0.521. The number of benzene rings is 1. The lowest BCUT2D eigenvalue weighted by Crippen LogP contribution is -2.35. The van der Waals surface area contributed by atoms with Gasteiger partial charge in [0.25, 0.3) is 5.56 Å². The first-order valence-electron chi connectivity index (χ1n) is 11.3. The van der Waals surface area contributed by atoms with Gasteiger partial charge in [0.05, 0.1) is 19.3 Å². The Balaban J connectivity index is 2.15. The van der Waals surface area contributed by atoms with Gasteiger partial charge in [0.1, 0.15) is 5.75 Å². The second kappa shape index (κ2) is 10.2. The Kier molecular flexibility index (Phi) is 8.15. The van der Waals surface area contributed by atoms with Gasteiger partial charge in [-0.3, -0.25) is 14.3 Å². The molecule has 0 aliphatic carbocycles. The van der Waals surface area contributed by atoms with E-state index in [0.717, 1.165) is 18.6 Å². The zero-order valence-corrected chi connectivity index (χ0v) is 20.1. The average molecular weight is 431 g/mol. The van der Waals surface area contributed by atoms with E-state index in [1.807, 2.05) is 0 Å². The highest BCUT2D eigenvalue weighted by molar-refractivity contribution is 5.44. The summed E-state index contributed by atoms with van der Waals surface area (Å²) in [7, 11) is 0. The smallest absolute Gasteiger partial charge is 0.331 e. The number of aromatic amines is 1. The summed E-state index contributed by atoms with van der Waals surface area (Å²) in [5, 5.41) is 0. The fourth-order valence-corrected chi connectivity index (χ4v) is 3.35. The van der Waals surface area contributed by atoms with E-state index in [2.05, 4.69) is 64.7 Å². The van der Waals surface area contributed by atoms with Gasteiger partial charge in [0, 0.05) is 12.1 Å². The Labute approximate surface area is 185 Å². The van der Waals surface area contributed by atoms with Crippen molar-refractivity contribution in [3.8, 4) is 11.6 Å². The van der Waals surface area contributed by atoms with Crippen LogP contribution < -0.4 is 20.7 Å². The first-order valence-corrected chi connectivity index (χ1v) is 11.3. The average Bonchev–Trinajstić information content (AvgIpc) is 2.72. The van der Waals surface area contributed by atoms with Crippen LogP contribution in [0.1, 0.15) is 78.9 Å². The van der Waals surface area contributed by atoms with E-state index in [-0.39, 0.29) is 28.8 Å². The van der Waals surface area contributed by atoms with Crippen molar-refractivity contribution in [3.63, 3.8) is 0 Å². The molecule has 6 heteroatoms. The standard InChI is InChI=1S/C25H38N2O4/c1-8-24(4,5)18-12-13-20(19(16-18)25(6,7)9-2)31-15-11-14-27-22(28)17-21(30-10-3)26-23(27)29/h12-13,16-17H,8-11,14-15H2,1-7H3,(H,26,29). The molecule has 0 aliphatic rings. The SMILES string of the molecule is CCOc1cc(=O)n(CCCOc2ccc(C(C)(C)CC)cc2C(C)(C)CC)c(=O)[nH]1. The van der Waals surface area contributed by atoms with Gasteiger partial charge in [-0.2, -0.15) is 0 Å². The molecule has 0 saturated carbocycles. The van der Waals surface area contributed by atoms with Crippen LogP contribution in [0.5, 0.6) is 11.6 Å². The zero-order chi connectivity index (χ0) is 23.2. The molecule has 31 heavy (non-hydrogen) atoms. The first-order chi connectivity index (χ1) is 14.6. The molecule has 0 bridgehead atoms. The number of rotatable bonds is 11.